The van der Waals surface area contributed by atoms with E-state index in [0.29, 0.717) is 0 Å². The topological polar surface area (TPSA) is 39.9 Å². The molecule has 5 rings (SSSR count). The first-order valence-corrected chi connectivity index (χ1v) is 9.22. The van der Waals surface area contributed by atoms with E-state index in [0.717, 1.165) is 44.4 Å². The molecule has 1 heterocycles. The third-order valence-corrected chi connectivity index (χ3v) is 5.22. The van der Waals surface area contributed by atoms with E-state index in [9.17, 15) is 0 Å². The number of benzene rings is 4. The number of nitrogens with zero attached hydrogens (tertiary/aromatic N) is 3. The Morgan fingerprint density at radius 1 is 0.750 bits per heavy atom. The smallest absolute Gasteiger partial charge is 0.128 e. The van der Waals surface area contributed by atoms with Crippen LogP contribution in [0.2, 0.25) is 0 Å². The highest BCUT2D eigenvalue weighted by molar-refractivity contribution is 6.05. The van der Waals surface area contributed by atoms with E-state index in [2.05, 4.69) is 71.0 Å². The van der Waals surface area contributed by atoms with Crippen LogP contribution in [0.15, 0.2) is 78.9 Å². The van der Waals surface area contributed by atoms with Crippen LogP contribution in [0.1, 0.15) is 0 Å². The van der Waals surface area contributed by atoms with Crippen molar-refractivity contribution in [3.8, 4) is 28.3 Å². The average Bonchev–Trinajstić information content (AvgIpc) is 3.13. The number of aromatic nitrogens is 3. The molecule has 0 fully saturated rings. The molecule has 0 aliphatic carbocycles. The van der Waals surface area contributed by atoms with Crippen LogP contribution >= 0.6 is 0 Å². The molecule has 0 aliphatic heterocycles. The minimum Gasteiger partial charge on any atom is -0.496 e. The summed E-state index contributed by atoms with van der Waals surface area (Å²) < 4.78 is 7.58. The zero-order valence-corrected chi connectivity index (χ0v) is 15.8. The van der Waals surface area contributed by atoms with Crippen molar-refractivity contribution in [1.29, 1.82) is 0 Å². The second-order valence-corrected chi connectivity index (χ2v) is 6.80. The quantitative estimate of drug-likeness (QED) is 0.426. The summed E-state index contributed by atoms with van der Waals surface area (Å²) in [6.07, 6.45) is 0. The maximum atomic E-state index is 5.74. The first kappa shape index (κ1) is 16.5. The highest BCUT2D eigenvalue weighted by Crippen LogP contribution is 2.42. The van der Waals surface area contributed by atoms with Gasteiger partial charge in [0.15, 0.2) is 0 Å². The number of methoxy groups -OCH3 is 1. The van der Waals surface area contributed by atoms with Crippen molar-refractivity contribution in [1.82, 2.24) is 15.0 Å². The number of aryl methyl sites for hydroxylation is 1. The maximum absolute atomic E-state index is 5.74. The summed E-state index contributed by atoms with van der Waals surface area (Å²) in [5.74, 6) is 0.811. The van der Waals surface area contributed by atoms with Gasteiger partial charge in [-0.05, 0) is 27.6 Å². The zero-order chi connectivity index (χ0) is 19.1. The van der Waals surface area contributed by atoms with Crippen molar-refractivity contribution in [2.75, 3.05) is 7.11 Å². The van der Waals surface area contributed by atoms with Crippen LogP contribution in [0.4, 0.5) is 0 Å². The lowest BCUT2D eigenvalue weighted by Gasteiger charge is -2.14. The summed E-state index contributed by atoms with van der Waals surface area (Å²) in [4.78, 5) is 0. The Labute approximate surface area is 163 Å². The van der Waals surface area contributed by atoms with Crippen molar-refractivity contribution in [2.24, 2.45) is 7.05 Å². The molecule has 5 aromatic rings. The van der Waals surface area contributed by atoms with Crippen LogP contribution < -0.4 is 4.74 Å². The standard InChI is InChI=1S/C24H19N3O/c1-27-24(22-19-12-6-4-9-17(19)14-15-21(22)28-2)23(25-26-27)20-13-7-10-16-8-3-5-11-18(16)20/h3-15H,1-2H3. The minimum atomic E-state index is 0.811. The van der Waals surface area contributed by atoms with E-state index in [1.165, 1.54) is 5.39 Å². The molecule has 0 saturated carbocycles. The van der Waals surface area contributed by atoms with Gasteiger partial charge in [-0.3, -0.25) is 0 Å². The molecule has 0 N–H and O–H groups in total. The summed E-state index contributed by atoms with van der Waals surface area (Å²) in [5, 5.41) is 13.5. The Morgan fingerprint density at radius 3 is 2.21 bits per heavy atom. The van der Waals surface area contributed by atoms with Crippen LogP contribution in [-0.2, 0) is 7.05 Å². The number of hydrogen-bond acceptors (Lipinski definition) is 3. The SMILES string of the molecule is COc1ccc2ccccc2c1-c1c(-c2cccc3ccccc23)nnn1C. The van der Waals surface area contributed by atoms with Gasteiger partial charge in [0.25, 0.3) is 0 Å². The number of hydrogen-bond donors (Lipinski definition) is 0. The highest BCUT2D eigenvalue weighted by Gasteiger charge is 2.21. The third-order valence-electron chi connectivity index (χ3n) is 5.22. The van der Waals surface area contributed by atoms with Gasteiger partial charge in [0.05, 0.1) is 12.7 Å². The van der Waals surface area contributed by atoms with Gasteiger partial charge in [-0.15, -0.1) is 5.10 Å². The Hall–Kier alpha value is -3.66. The van der Waals surface area contributed by atoms with Gasteiger partial charge in [-0.25, -0.2) is 4.68 Å². The fraction of sp³-hybridized carbons (Fsp3) is 0.0833. The average molecular weight is 365 g/mol. The van der Waals surface area contributed by atoms with Crippen molar-refractivity contribution >= 4 is 21.5 Å². The first-order valence-electron chi connectivity index (χ1n) is 9.22. The lowest BCUT2D eigenvalue weighted by Crippen LogP contribution is -1.98. The van der Waals surface area contributed by atoms with Crippen LogP contribution in [-0.4, -0.2) is 22.1 Å². The van der Waals surface area contributed by atoms with Crippen molar-refractivity contribution < 1.29 is 4.74 Å². The Balaban J connectivity index is 1.88. The molecule has 0 aliphatic rings. The molecule has 0 atom stereocenters. The van der Waals surface area contributed by atoms with Crippen molar-refractivity contribution in [3.63, 3.8) is 0 Å². The van der Waals surface area contributed by atoms with Gasteiger partial charge >= 0.3 is 0 Å². The van der Waals surface area contributed by atoms with Crippen LogP contribution in [0, 0.1) is 0 Å². The van der Waals surface area contributed by atoms with Gasteiger partial charge in [-0.1, -0.05) is 78.0 Å². The molecule has 4 aromatic carbocycles. The van der Waals surface area contributed by atoms with Gasteiger partial charge in [0, 0.05) is 12.6 Å². The molecule has 0 spiro atoms. The molecule has 0 saturated heterocycles. The largest absolute Gasteiger partial charge is 0.496 e. The number of rotatable bonds is 3. The van der Waals surface area contributed by atoms with Crippen molar-refractivity contribution in [2.45, 2.75) is 0 Å². The Bertz CT molecular complexity index is 1320. The van der Waals surface area contributed by atoms with E-state index in [1.54, 1.807) is 7.11 Å². The summed E-state index contributed by atoms with van der Waals surface area (Å²) >= 11 is 0. The number of fused-ring (bicyclic) bond motifs is 2. The first-order chi connectivity index (χ1) is 13.8. The fourth-order valence-electron chi connectivity index (χ4n) is 3.92. The van der Waals surface area contributed by atoms with Gasteiger partial charge in [0.1, 0.15) is 17.1 Å². The lowest BCUT2D eigenvalue weighted by molar-refractivity contribution is 0.416. The van der Waals surface area contributed by atoms with E-state index in [4.69, 9.17) is 4.74 Å². The molecule has 0 radical (unpaired) electrons. The maximum Gasteiger partial charge on any atom is 0.128 e. The molecule has 4 nitrogen and oxygen atoms in total. The Morgan fingerprint density at radius 2 is 1.43 bits per heavy atom. The molecule has 28 heavy (non-hydrogen) atoms. The molecular weight excluding hydrogens is 346 g/mol. The monoisotopic (exact) mass is 365 g/mol. The number of ether oxygens (including phenoxy) is 1. The summed E-state index contributed by atoms with van der Waals surface area (Å²) in [6, 6.07) is 27.1. The summed E-state index contributed by atoms with van der Waals surface area (Å²) in [7, 11) is 3.63. The van der Waals surface area contributed by atoms with Crippen LogP contribution in [0.3, 0.4) is 0 Å². The second kappa shape index (κ2) is 6.50. The minimum absolute atomic E-state index is 0.811. The second-order valence-electron chi connectivity index (χ2n) is 6.80. The molecule has 136 valence electrons. The Kier molecular flexibility index (Phi) is 3.83. The summed E-state index contributed by atoms with van der Waals surface area (Å²) in [6.45, 7) is 0. The molecule has 0 amide bonds. The van der Waals surface area contributed by atoms with Gasteiger partial charge in [0.2, 0.25) is 0 Å². The van der Waals surface area contributed by atoms with Crippen molar-refractivity contribution in [3.05, 3.63) is 78.9 Å². The molecule has 0 bridgehead atoms. The van der Waals surface area contributed by atoms with Gasteiger partial charge < -0.3 is 4.74 Å². The lowest BCUT2D eigenvalue weighted by atomic mass is 9.95. The molecule has 0 unspecified atom stereocenters. The molecule has 1 aromatic heterocycles. The highest BCUT2D eigenvalue weighted by atomic mass is 16.5. The molecule has 4 heteroatoms. The fourth-order valence-corrected chi connectivity index (χ4v) is 3.92. The van der Waals surface area contributed by atoms with E-state index in [-0.39, 0.29) is 0 Å². The predicted molar refractivity (Wildman–Crippen MR) is 113 cm³/mol. The summed E-state index contributed by atoms with van der Waals surface area (Å²) in [5.41, 5.74) is 3.88. The van der Waals surface area contributed by atoms with E-state index >= 15 is 0 Å². The van der Waals surface area contributed by atoms with Gasteiger partial charge in [-0.2, -0.15) is 0 Å². The predicted octanol–water partition coefficient (Wildman–Crippen LogP) is 5.46. The van der Waals surface area contributed by atoms with E-state index < -0.39 is 0 Å². The molecular formula is C24H19N3O. The zero-order valence-electron chi connectivity index (χ0n) is 15.8. The third kappa shape index (κ3) is 2.46. The van der Waals surface area contributed by atoms with Crippen LogP contribution in [0.5, 0.6) is 5.75 Å². The van der Waals surface area contributed by atoms with E-state index in [1.807, 2.05) is 29.9 Å². The normalized spacial score (nSPS) is 11.2. The van der Waals surface area contributed by atoms with Crippen LogP contribution in [0.25, 0.3) is 44.1 Å².